The molecule has 1 aliphatic rings. The summed E-state index contributed by atoms with van der Waals surface area (Å²) in [6, 6.07) is 21.2. The van der Waals surface area contributed by atoms with Crippen molar-refractivity contribution in [1.29, 1.82) is 0 Å². The highest BCUT2D eigenvalue weighted by Gasteiger charge is 2.20. The van der Waals surface area contributed by atoms with Crippen molar-refractivity contribution in [2.75, 3.05) is 26.3 Å². The van der Waals surface area contributed by atoms with Crippen molar-refractivity contribution < 1.29 is 14.6 Å². The summed E-state index contributed by atoms with van der Waals surface area (Å²) in [6.07, 6.45) is 0. The highest BCUT2D eigenvalue weighted by molar-refractivity contribution is 5.97. The molecule has 0 atom stereocenters. The second-order valence-corrected chi connectivity index (χ2v) is 9.36. The molecule has 0 aliphatic carbocycles. The molecule has 1 amide bonds. The minimum Gasteiger partial charge on any atom is -0.493 e. The number of aromatic nitrogens is 3. The average molecular weight is 523 g/mol. The number of hydrogen-bond donors (Lipinski definition) is 1. The number of aryl methyl sites for hydroxylation is 1. The first kappa shape index (κ1) is 24.7. The number of nitrogens with zero attached hydrogens (tertiary/aromatic N) is 6. The first-order valence-electron chi connectivity index (χ1n) is 12.7. The van der Waals surface area contributed by atoms with Crippen LogP contribution in [-0.4, -0.2) is 56.3 Å². The van der Waals surface area contributed by atoms with Crippen LogP contribution in [0.2, 0.25) is 0 Å². The van der Waals surface area contributed by atoms with Crippen LogP contribution in [0.25, 0.3) is 27.5 Å². The summed E-state index contributed by atoms with van der Waals surface area (Å²) < 4.78 is 8.71. The van der Waals surface area contributed by atoms with Gasteiger partial charge in [-0.05, 0) is 49.4 Å². The molecule has 5 aromatic rings. The summed E-state index contributed by atoms with van der Waals surface area (Å²) >= 11 is 0. The lowest BCUT2D eigenvalue weighted by molar-refractivity contribution is 0.0231. The van der Waals surface area contributed by atoms with Crippen molar-refractivity contribution in [2.24, 2.45) is 10.2 Å². The number of carbonyl (C=O) groups excluding carboxylic acids is 1. The molecule has 0 radical (unpaired) electrons. The summed E-state index contributed by atoms with van der Waals surface area (Å²) in [5.74, 6) is -0.0682. The number of morpholine rings is 1. The van der Waals surface area contributed by atoms with Crippen LogP contribution in [0, 0.1) is 6.92 Å². The fourth-order valence-corrected chi connectivity index (χ4v) is 4.91. The third-order valence-corrected chi connectivity index (χ3v) is 6.92. The van der Waals surface area contributed by atoms with E-state index in [1.54, 1.807) is 54.0 Å². The number of azo groups is 1. The minimum absolute atomic E-state index is 0.0479. The molecule has 3 aromatic carbocycles. The van der Waals surface area contributed by atoms with Crippen LogP contribution in [0.1, 0.15) is 16.2 Å². The summed E-state index contributed by atoms with van der Waals surface area (Å²) in [5, 5.41) is 20.3. The van der Waals surface area contributed by atoms with Crippen LogP contribution in [0.15, 0.2) is 87.8 Å². The molecular formula is C29H26N6O4. The van der Waals surface area contributed by atoms with E-state index in [0.717, 1.165) is 18.6 Å². The topological polar surface area (TPSA) is 114 Å². The average Bonchev–Trinajstić information content (AvgIpc) is 3.23. The molecule has 0 saturated carbocycles. The van der Waals surface area contributed by atoms with Crippen molar-refractivity contribution in [1.82, 2.24) is 19.0 Å². The monoisotopic (exact) mass is 522 g/mol. The highest BCUT2D eigenvalue weighted by Crippen LogP contribution is 2.39. The molecule has 1 N–H and O–H groups in total. The van der Waals surface area contributed by atoms with E-state index in [0.29, 0.717) is 53.2 Å². The van der Waals surface area contributed by atoms with Gasteiger partial charge >= 0.3 is 0 Å². The lowest BCUT2D eigenvalue weighted by atomic mass is 10.2. The number of carbonyl (C=O) groups is 1. The van der Waals surface area contributed by atoms with Gasteiger partial charge in [0.25, 0.3) is 11.5 Å². The maximum atomic E-state index is 13.1. The van der Waals surface area contributed by atoms with E-state index in [2.05, 4.69) is 20.1 Å². The summed E-state index contributed by atoms with van der Waals surface area (Å²) in [7, 11) is 0. The minimum atomic E-state index is -0.563. The van der Waals surface area contributed by atoms with Gasteiger partial charge in [-0.25, -0.2) is 4.98 Å². The summed E-state index contributed by atoms with van der Waals surface area (Å²) in [6.45, 7) is 5.05. The number of para-hydroxylation sites is 2. The second kappa shape index (κ2) is 10.2. The Bertz CT molecular complexity index is 1780. The largest absolute Gasteiger partial charge is 0.493 e. The van der Waals surface area contributed by atoms with E-state index in [9.17, 15) is 14.7 Å². The standard InChI is InChI=1S/C29H26N6O4/c1-19-30-24-8-4-2-6-22(24)28(37)35(19)21-12-10-20(11-13-21)27(36)32-31-26-23-7-3-5-9-25(23)34(29(26)38)18-33-14-16-39-17-15-33/h2-13,38H,14-18H2,1H3. The Morgan fingerprint density at radius 3 is 2.44 bits per heavy atom. The van der Waals surface area contributed by atoms with Gasteiger partial charge in [0.05, 0.1) is 42.0 Å². The van der Waals surface area contributed by atoms with E-state index in [1.807, 2.05) is 30.3 Å². The molecule has 2 aromatic heterocycles. The van der Waals surface area contributed by atoms with Crippen LogP contribution in [0.5, 0.6) is 5.88 Å². The lowest BCUT2D eigenvalue weighted by Crippen LogP contribution is -2.37. The van der Waals surface area contributed by atoms with Gasteiger partial charge in [0, 0.05) is 24.0 Å². The zero-order chi connectivity index (χ0) is 26.9. The Balaban J connectivity index is 1.28. The molecular weight excluding hydrogens is 496 g/mol. The number of ether oxygens (including phenoxy) is 1. The Morgan fingerprint density at radius 2 is 1.67 bits per heavy atom. The van der Waals surface area contributed by atoms with Crippen molar-refractivity contribution in [3.63, 3.8) is 0 Å². The van der Waals surface area contributed by atoms with Gasteiger partial charge in [-0.3, -0.25) is 23.6 Å². The number of amides is 1. The van der Waals surface area contributed by atoms with Crippen molar-refractivity contribution >= 4 is 33.4 Å². The quantitative estimate of drug-likeness (QED) is 0.338. The van der Waals surface area contributed by atoms with Crippen LogP contribution in [0.3, 0.4) is 0 Å². The molecule has 0 unspecified atom stereocenters. The summed E-state index contributed by atoms with van der Waals surface area (Å²) in [5.41, 5.74) is 2.40. The van der Waals surface area contributed by atoms with Gasteiger partial charge in [-0.15, -0.1) is 10.2 Å². The van der Waals surface area contributed by atoms with Gasteiger partial charge in [-0.1, -0.05) is 30.3 Å². The van der Waals surface area contributed by atoms with E-state index >= 15 is 0 Å². The van der Waals surface area contributed by atoms with Crippen LogP contribution in [-0.2, 0) is 11.4 Å². The number of benzene rings is 3. The Morgan fingerprint density at radius 1 is 0.974 bits per heavy atom. The molecule has 39 heavy (non-hydrogen) atoms. The van der Waals surface area contributed by atoms with E-state index in [1.165, 1.54) is 4.57 Å². The van der Waals surface area contributed by atoms with Gasteiger partial charge in [0.2, 0.25) is 5.88 Å². The number of fused-ring (bicyclic) bond motifs is 2. The maximum Gasteiger partial charge on any atom is 0.295 e. The van der Waals surface area contributed by atoms with Gasteiger partial charge in [0.15, 0.2) is 5.69 Å². The zero-order valence-corrected chi connectivity index (χ0v) is 21.3. The highest BCUT2D eigenvalue weighted by atomic mass is 16.5. The molecule has 10 heteroatoms. The smallest absolute Gasteiger partial charge is 0.295 e. The van der Waals surface area contributed by atoms with Crippen LogP contribution in [0.4, 0.5) is 5.69 Å². The van der Waals surface area contributed by atoms with E-state index in [4.69, 9.17) is 4.74 Å². The molecule has 0 spiro atoms. The van der Waals surface area contributed by atoms with Gasteiger partial charge in [0.1, 0.15) is 5.82 Å². The SMILES string of the molecule is Cc1nc2ccccc2c(=O)n1-c1ccc(C(=O)N=Nc2c(O)n(CN3CCOCC3)c3ccccc23)cc1. The predicted octanol–water partition coefficient (Wildman–Crippen LogP) is 4.57. The fraction of sp³-hybridized carbons (Fsp3) is 0.207. The molecule has 196 valence electrons. The number of rotatable bonds is 5. The first-order valence-corrected chi connectivity index (χ1v) is 12.7. The lowest BCUT2D eigenvalue weighted by Gasteiger charge is -2.27. The van der Waals surface area contributed by atoms with Crippen molar-refractivity contribution in [3.05, 3.63) is 94.5 Å². The van der Waals surface area contributed by atoms with Crippen molar-refractivity contribution in [2.45, 2.75) is 13.6 Å². The third-order valence-electron chi connectivity index (χ3n) is 6.92. The normalized spacial score (nSPS) is 14.5. The Hall–Kier alpha value is -4.67. The molecule has 10 nitrogen and oxygen atoms in total. The molecule has 3 heterocycles. The number of hydrogen-bond acceptors (Lipinski definition) is 7. The molecule has 1 aliphatic heterocycles. The van der Waals surface area contributed by atoms with Gasteiger partial charge < -0.3 is 9.84 Å². The molecule has 1 fully saturated rings. The van der Waals surface area contributed by atoms with Crippen LogP contribution < -0.4 is 5.56 Å². The number of aromatic hydroxyl groups is 1. The van der Waals surface area contributed by atoms with Crippen molar-refractivity contribution in [3.8, 4) is 11.6 Å². The Labute approximate surface area is 223 Å². The fourth-order valence-electron chi connectivity index (χ4n) is 4.91. The molecule has 0 bridgehead atoms. The van der Waals surface area contributed by atoms with Gasteiger partial charge in [-0.2, -0.15) is 0 Å². The predicted molar refractivity (Wildman–Crippen MR) is 147 cm³/mol. The van der Waals surface area contributed by atoms with E-state index in [-0.39, 0.29) is 17.1 Å². The Kier molecular flexibility index (Phi) is 6.47. The van der Waals surface area contributed by atoms with E-state index < -0.39 is 5.91 Å². The zero-order valence-electron chi connectivity index (χ0n) is 21.3. The summed E-state index contributed by atoms with van der Waals surface area (Å²) in [4.78, 5) is 32.7. The maximum absolute atomic E-state index is 13.1. The molecule has 1 saturated heterocycles. The molecule has 6 rings (SSSR count). The second-order valence-electron chi connectivity index (χ2n) is 9.36. The first-order chi connectivity index (χ1) is 19.0. The third kappa shape index (κ3) is 4.60. The van der Waals surface area contributed by atoms with Crippen LogP contribution >= 0.6 is 0 Å².